The molecule has 2 N–H and O–H groups in total. The Morgan fingerprint density at radius 3 is 2.33 bits per heavy atom. The van der Waals surface area contributed by atoms with Gasteiger partial charge in [-0.15, -0.1) is 11.3 Å². The lowest BCUT2D eigenvalue weighted by molar-refractivity contribution is 0.0920. The van der Waals surface area contributed by atoms with Crippen LogP contribution in [-0.2, 0) is 5.41 Å². The molecular formula is C19H23NO3S. The van der Waals surface area contributed by atoms with E-state index in [0.717, 1.165) is 5.56 Å². The first kappa shape index (κ1) is 18.4. The van der Waals surface area contributed by atoms with Crippen LogP contribution >= 0.6 is 11.3 Å². The highest BCUT2D eigenvalue weighted by molar-refractivity contribution is 7.12. The first-order valence-corrected chi connectivity index (χ1v) is 8.72. The van der Waals surface area contributed by atoms with E-state index >= 15 is 0 Å². The Labute approximate surface area is 146 Å². The van der Waals surface area contributed by atoms with Crippen LogP contribution in [0.2, 0.25) is 0 Å². The normalized spacial score (nSPS) is 12.7. The van der Waals surface area contributed by atoms with Gasteiger partial charge < -0.3 is 10.4 Å². The van der Waals surface area contributed by atoms with E-state index in [1.54, 1.807) is 11.4 Å². The Morgan fingerprint density at radius 2 is 1.83 bits per heavy atom. The minimum absolute atomic E-state index is 0.0608. The maximum atomic E-state index is 12.1. The number of Topliss-reactive ketones (excluding diaryl/α,β-unsaturated/α-hetero) is 1. The zero-order valence-corrected chi connectivity index (χ0v) is 15.2. The Balaban J connectivity index is 1.95. The lowest BCUT2D eigenvalue weighted by atomic mass is 9.86. The van der Waals surface area contributed by atoms with Crippen molar-refractivity contribution in [1.82, 2.24) is 5.32 Å². The largest absolute Gasteiger partial charge is 0.387 e. The molecule has 1 aromatic heterocycles. The maximum Gasteiger partial charge on any atom is 0.261 e. The van der Waals surface area contributed by atoms with E-state index in [-0.39, 0.29) is 23.7 Å². The molecule has 2 rings (SSSR count). The number of hydrogen-bond acceptors (Lipinski definition) is 4. The number of carbonyl (C=O) groups is 2. The van der Waals surface area contributed by atoms with Crippen LogP contribution in [0, 0.1) is 0 Å². The van der Waals surface area contributed by atoms with E-state index in [1.165, 1.54) is 23.8 Å². The SMILES string of the molecule is CC(=O)c1csc(C(=O)NCC(O)c2ccc(C(C)(C)C)cc2)c1. The van der Waals surface area contributed by atoms with E-state index in [9.17, 15) is 14.7 Å². The van der Waals surface area contributed by atoms with Crippen LogP contribution in [0.4, 0.5) is 0 Å². The van der Waals surface area contributed by atoms with E-state index < -0.39 is 6.10 Å². The van der Waals surface area contributed by atoms with Crippen LogP contribution in [-0.4, -0.2) is 23.3 Å². The molecule has 0 radical (unpaired) electrons. The van der Waals surface area contributed by atoms with Crippen molar-refractivity contribution in [3.05, 3.63) is 57.3 Å². The van der Waals surface area contributed by atoms with Gasteiger partial charge in [-0.25, -0.2) is 0 Å². The summed E-state index contributed by atoms with van der Waals surface area (Å²) in [7, 11) is 0. The number of thiophene rings is 1. The van der Waals surface area contributed by atoms with Gasteiger partial charge in [0.25, 0.3) is 5.91 Å². The molecule has 5 heteroatoms. The van der Waals surface area contributed by atoms with Gasteiger partial charge in [-0.1, -0.05) is 45.0 Å². The Bertz CT molecular complexity index is 726. The number of aliphatic hydroxyl groups is 1. The number of aliphatic hydroxyl groups excluding tert-OH is 1. The first-order chi connectivity index (χ1) is 11.2. The number of amides is 1. The first-order valence-electron chi connectivity index (χ1n) is 7.84. The van der Waals surface area contributed by atoms with Gasteiger partial charge in [0, 0.05) is 17.5 Å². The fourth-order valence-corrected chi connectivity index (χ4v) is 3.10. The second kappa shape index (κ2) is 7.28. The molecule has 0 aliphatic heterocycles. The Kier molecular flexibility index (Phi) is 5.57. The molecule has 1 atom stereocenters. The number of ketones is 1. The summed E-state index contributed by atoms with van der Waals surface area (Å²) in [6, 6.07) is 9.34. The highest BCUT2D eigenvalue weighted by atomic mass is 32.1. The molecule has 1 aromatic carbocycles. The van der Waals surface area contributed by atoms with Crippen LogP contribution in [0.15, 0.2) is 35.7 Å². The summed E-state index contributed by atoms with van der Waals surface area (Å²) < 4.78 is 0. The summed E-state index contributed by atoms with van der Waals surface area (Å²) in [6.07, 6.45) is -0.768. The van der Waals surface area contributed by atoms with Crippen molar-refractivity contribution < 1.29 is 14.7 Å². The smallest absolute Gasteiger partial charge is 0.261 e. The fourth-order valence-electron chi connectivity index (χ4n) is 2.24. The van der Waals surface area contributed by atoms with Gasteiger partial charge >= 0.3 is 0 Å². The molecule has 1 amide bonds. The fraction of sp³-hybridized carbons (Fsp3) is 0.368. The monoisotopic (exact) mass is 345 g/mol. The van der Waals surface area contributed by atoms with E-state index in [1.807, 2.05) is 24.3 Å². The highest BCUT2D eigenvalue weighted by Crippen LogP contribution is 2.24. The number of carbonyl (C=O) groups excluding carboxylic acids is 2. The second-order valence-corrected chi connectivity index (χ2v) is 7.76. The third kappa shape index (κ3) is 4.52. The van der Waals surface area contributed by atoms with Crippen molar-refractivity contribution in [2.45, 2.75) is 39.2 Å². The molecule has 1 heterocycles. The van der Waals surface area contributed by atoms with Gasteiger partial charge in [0.2, 0.25) is 0 Å². The standard InChI is InChI=1S/C19H23NO3S/c1-12(21)14-9-17(24-11-14)18(23)20-10-16(22)13-5-7-15(8-6-13)19(2,3)4/h5-9,11,16,22H,10H2,1-4H3,(H,20,23). The van der Waals surface area contributed by atoms with Crippen LogP contribution < -0.4 is 5.32 Å². The lowest BCUT2D eigenvalue weighted by Crippen LogP contribution is -2.27. The Hall–Kier alpha value is -1.98. The number of rotatable bonds is 5. The molecule has 0 saturated heterocycles. The molecule has 0 bridgehead atoms. The van der Waals surface area contributed by atoms with Crippen molar-refractivity contribution in [3.63, 3.8) is 0 Å². The summed E-state index contributed by atoms with van der Waals surface area (Å²) in [5, 5.41) is 14.6. The molecular weight excluding hydrogens is 322 g/mol. The van der Waals surface area contributed by atoms with Gasteiger partial charge in [-0.05, 0) is 29.5 Å². The van der Waals surface area contributed by atoms with Gasteiger partial charge in [0.15, 0.2) is 5.78 Å². The van der Waals surface area contributed by atoms with Crippen LogP contribution in [0.5, 0.6) is 0 Å². The van der Waals surface area contributed by atoms with Gasteiger partial charge in [0.1, 0.15) is 0 Å². The van der Waals surface area contributed by atoms with Crippen molar-refractivity contribution in [3.8, 4) is 0 Å². The molecule has 0 saturated carbocycles. The average Bonchev–Trinajstić information content (AvgIpc) is 3.02. The molecule has 128 valence electrons. The number of hydrogen-bond donors (Lipinski definition) is 2. The predicted molar refractivity (Wildman–Crippen MR) is 96.8 cm³/mol. The zero-order valence-electron chi connectivity index (χ0n) is 14.4. The van der Waals surface area contributed by atoms with E-state index in [4.69, 9.17) is 0 Å². The number of benzene rings is 1. The predicted octanol–water partition coefficient (Wildman–Crippen LogP) is 3.71. The molecule has 0 aliphatic carbocycles. The van der Waals surface area contributed by atoms with Crippen molar-refractivity contribution >= 4 is 23.0 Å². The molecule has 0 fully saturated rings. The summed E-state index contributed by atoms with van der Waals surface area (Å²) >= 11 is 1.22. The van der Waals surface area contributed by atoms with Crippen molar-refractivity contribution in [2.24, 2.45) is 0 Å². The molecule has 24 heavy (non-hydrogen) atoms. The van der Waals surface area contributed by atoms with Gasteiger partial charge in [-0.3, -0.25) is 9.59 Å². The minimum atomic E-state index is -0.768. The van der Waals surface area contributed by atoms with E-state index in [0.29, 0.717) is 10.4 Å². The van der Waals surface area contributed by atoms with Crippen LogP contribution in [0.3, 0.4) is 0 Å². The summed E-state index contributed by atoms with van der Waals surface area (Å²) in [5.41, 5.74) is 2.55. The third-order valence-electron chi connectivity index (χ3n) is 3.85. The van der Waals surface area contributed by atoms with Gasteiger partial charge in [0.05, 0.1) is 11.0 Å². The Morgan fingerprint density at radius 1 is 1.21 bits per heavy atom. The molecule has 4 nitrogen and oxygen atoms in total. The molecule has 0 spiro atoms. The van der Waals surface area contributed by atoms with Crippen molar-refractivity contribution in [2.75, 3.05) is 6.54 Å². The third-order valence-corrected chi connectivity index (χ3v) is 4.78. The molecule has 0 aliphatic rings. The summed E-state index contributed by atoms with van der Waals surface area (Å²) in [4.78, 5) is 23.8. The quantitative estimate of drug-likeness (QED) is 0.812. The summed E-state index contributed by atoms with van der Waals surface area (Å²) in [5.74, 6) is -0.345. The van der Waals surface area contributed by atoms with Crippen LogP contribution in [0.1, 0.15) is 65.0 Å². The topological polar surface area (TPSA) is 66.4 Å². The minimum Gasteiger partial charge on any atom is -0.387 e. The van der Waals surface area contributed by atoms with Crippen molar-refractivity contribution in [1.29, 1.82) is 0 Å². The zero-order chi connectivity index (χ0) is 17.9. The van der Waals surface area contributed by atoms with Gasteiger partial charge in [-0.2, -0.15) is 0 Å². The number of nitrogens with one attached hydrogen (secondary N) is 1. The average molecular weight is 345 g/mol. The second-order valence-electron chi connectivity index (χ2n) is 6.85. The molecule has 2 aromatic rings. The highest BCUT2D eigenvalue weighted by Gasteiger charge is 2.16. The van der Waals surface area contributed by atoms with E-state index in [2.05, 4.69) is 26.1 Å². The maximum absolute atomic E-state index is 12.1. The lowest BCUT2D eigenvalue weighted by Gasteiger charge is -2.20. The van der Waals surface area contributed by atoms with Crippen LogP contribution in [0.25, 0.3) is 0 Å². The summed E-state index contributed by atoms with van der Waals surface area (Å²) in [6.45, 7) is 7.99. The molecule has 1 unspecified atom stereocenters.